The predicted molar refractivity (Wildman–Crippen MR) is 85.8 cm³/mol. The number of fused-ring (bicyclic) bond motifs is 1. The van der Waals surface area contributed by atoms with E-state index in [9.17, 15) is 0 Å². The van der Waals surface area contributed by atoms with Gasteiger partial charge in [0.25, 0.3) is 0 Å². The summed E-state index contributed by atoms with van der Waals surface area (Å²) in [5.74, 6) is 1.69. The van der Waals surface area contributed by atoms with Gasteiger partial charge in [0, 0.05) is 6.61 Å². The Labute approximate surface area is 127 Å². The van der Waals surface area contributed by atoms with Crippen molar-refractivity contribution in [3.8, 4) is 11.5 Å². The molecule has 0 saturated heterocycles. The first-order valence-corrected chi connectivity index (χ1v) is 7.97. The van der Waals surface area contributed by atoms with Crippen molar-refractivity contribution in [2.24, 2.45) is 0 Å². The van der Waals surface area contributed by atoms with E-state index in [4.69, 9.17) is 14.2 Å². The fourth-order valence-corrected chi connectivity index (χ4v) is 2.18. The summed E-state index contributed by atoms with van der Waals surface area (Å²) in [7, 11) is 0. The van der Waals surface area contributed by atoms with Crippen LogP contribution in [0.25, 0.3) is 6.08 Å². The smallest absolute Gasteiger partial charge is 0.231 e. The summed E-state index contributed by atoms with van der Waals surface area (Å²) in [6.07, 6.45) is 10.6. The van der Waals surface area contributed by atoms with Gasteiger partial charge in [-0.05, 0) is 50.3 Å². The average Bonchev–Trinajstić information content (AvgIpc) is 2.97. The molecule has 1 aromatic carbocycles. The van der Waals surface area contributed by atoms with Gasteiger partial charge in [-0.15, -0.1) is 0 Å². The molecule has 21 heavy (non-hydrogen) atoms. The summed E-state index contributed by atoms with van der Waals surface area (Å²) in [4.78, 5) is 0. The number of benzene rings is 1. The molecule has 1 heterocycles. The zero-order valence-electron chi connectivity index (χ0n) is 13.1. The predicted octanol–water partition coefficient (Wildman–Crippen LogP) is 4.80. The van der Waals surface area contributed by atoms with E-state index >= 15 is 0 Å². The maximum atomic E-state index is 5.67. The molecular weight excluding hydrogens is 264 g/mol. The van der Waals surface area contributed by atoms with E-state index in [0.29, 0.717) is 12.9 Å². The van der Waals surface area contributed by atoms with Crippen LogP contribution in [0.3, 0.4) is 0 Å². The topological polar surface area (TPSA) is 27.7 Å². The highest BCUT2D eigenvalue weighted by molar-refractivity contribution is 5.56. The van der Waals surface area contributed by atoms with Crippen LogP contribution in [0.15, 0.2) is 24.3 Å². The van der Waals surface area contributed by atoms with Gasteiger partial charge in [0.05, 0.1) is 6.10 Å². The van der Waals surface area contributed by atoms with Crippen LogP contribution in [-0.2, 0) is 4.74 Å². The van der Waals surface area contributed by atoms with E-state index in [0.717, 1.165) is 37.4 Å². The Bertz CT molecular complexity index is 454. The van der Waals surface area contributed by atoms with Crippen molar-refractivity contribution in [1.29, 1.82) is 0 Å². The number of hydrogen-bond donors (Lipinski definition) is 0. The number of unbranched alkanes of at least 4 members (excludes halogenated alkanes) is 3. The van der Waals surface area contributed by atoms with Crippen molar-refractivity contribution in [2.75, 3.05) is 13.4 Å². The van der Waals surface area contributed by atoms with Gasteiger partial charge >= 0.3 is 0 Å². The zero-order chi connectivity index (χ0) is 14.9. The molecule has 0 fully saturated rings. The largest absolute Gasteiger partial charge is 0.454 e. The first-order chi connectivity index (χ1) is 10.3. The van der Waals surface area contributed by atoms with Gasteiger partial charge in [0.2, 0.25) is 6.79 Å². The maximum Gasteiger partial charge on any atom is 0.231 e. The third kappa shape index (κ3) is 5.43. The van der Waals surface area contributed by atoms with E-state index in [1.54, 1.807) is 0 Å². The molecule has 3 heteroatoms. The van der Waals surface area contributed by atoms with Crippen LogP contribution in [0.5, 0.6) is 11.5 Å². The van der Waals surface area contributed by atoms with Crippen LogP contribution in [0.1, 0.15) is 51.5 Å². The van der Waals surface area contributed by atoms with Crippen LogP contribution in [0.4, 0.5) is 0 Å². The molecule has 1 aliphatic heterocycles. The van der Waals surface area contributed by atoms with E-state index in [1.165, 1.54) is 18.4 Å². The normalized spacial score (nSPS) is 14.8. The van der Waals surface area contributed by atoms with E-state index < -0.39 is 0 Å². The summed E-state index contributed by atoms with van der Waals surface area (Å²) in [6, 6.07) is 6.05. The van der Waals surface area contributed by atoms with Crippen LogP contribution in [-0.4, -0.2) is 19.5 Å². The molecule has 0 aromatic heterocycles. The third-order valence-corrected chi connectivity index (χ3v) is 3.70. The Morgan fingerprint density at radius 1 is 1.19 bits per heavy atom. The van der Waals surface area contributed by atoms with E-state index in [-0.39, 0.29) is 0 Å². The van der Waals surface area contributed by atoms with Crippen LogP contribution in [0.2, 0.25) is 0 Å². The minimum absolute atomic E-state index is 0.335. The molecule has 2 rings (SSSR count). The summed E-state index contributed by atoms with van der Waals surface area (Å²) in [5, 5.41) is 0. The quantitative estimate of drug-likeness (QED) is 0.611. The molecule has 0 bridgehead atoms. The SMILES string of the molecule is CCC(C)OCCCCCC=Cc1ccc2c(c1)OCO2. The summed E-state index contributed by atoms with van der Waals surface area (Å²) in [5.41, 5.74) is 1.17. The molecular formula is C18H26O3. The van der Waals surface area contributed by atoms with Gasteiger partial charge in [-0.25, -0.2) is 0 Å². The molecule has 3 nitrogen and oxygen atoms in total. The Kier molecular flexibility index (Phi) is 6.61. The monoisotopic (exact) mass is 290 g/mol. The Morgan fingerprint density at radius 3 is 2.90 bits per heavy atom. The van der Waals surface area contributed by atoms with Gasteiger partial charge in [-0.2, -0.15) is 0 Å². The Balaban J connectivity index is 1.58. The van der Waals surface area contributed by atoms with Gasteiger partial charge in [0.15, 0.2) is 11.5 Å². The Hall–Kier alpha value is -1.48. The Morgan fingerprint density at radius 2 is 2.05 bits per heavy atom. The van der Waals surface area contributed by atoms with Crippen molar-refractivity contribution in [3.63, 3.8) is 0 Å². The second kappa shape index (κ2) is 8.73. The molecule has 0 saturated carbocycles. The highest BCUT2D eigenvalue weighted by Gasteiger charge is 2.11. The molecule has 0 radical (unpaired) electrons. The van der Waals surface area contributed by atoms with Gasteiger partial charge in [0.1, 0.15) is 0 Å². The second-order valence-corrected chi connectivity index (χ2v) is 5.45. The highest BCUT2D eigenvalue weighted by atomic mass is 16.7. The van der Waals surface area contributed by atoms with Crippen LogP contribution in [0, 0.1) is 0 Å². The number of rotatable bonds is 9. The molecule has 0 N–H and O–H groups in total. The number of hydrogen-bond acceptors (Lipinski definition) is 3. The molecule has 0 spiro atoms. The highest BCUT2D eigenvalue weighted by Crippen LogP contribution is 2.32. The minimum atomic E-state index is 0.335. The van der Waals surface area contributed by atoms with Crippen molar-refractivity contribution < 1.29 is 14.2 Å². The van der Waals surface area contributed by atoms with Crippen LogP contribution < -0.4 is 9.47 Å². The lowest BCUT2D eigenvalue weighted by molar-refractivity contribution is 0.0609. The summed E-state index contributed by atoms with van der Waals surface area (Å²) >= 11 is 0. The fraction of sp³-hybridized carbons (Fsp3) is 0.556. The number of ether oxygens (including phenoxy) is 3. The van der Waals surface area contributed by atoms with Crippen molar-refractivity contribution in [3.05, 3.63) is 29.8 Å². The molecule has 0 aliphatic carbocycles. The molecule has 1 unspecified atom stereocenters. The lowest BCUT2D eigenvalue weighted by atomic mass is 10.1. The molecule has 1 aliphatic rings. The summed E-state index contributed by atoms with van der Waals surface area (Å²) in [6.45, 7) is 5.52. The molecule has 116 valence electrons. The van der Waals surface area contributed by atoms with Gasteiger partial charge in [-0.3, -0.25) is 0 Å². The lowest BCUT2D eigenvalue weighted by Crippen LogP contribution is -2.07. The first-order valence-electron chi connectivity index (χ1n) is 7.97. The van der Waals surface area contributed by atoms with E-state index in [2.05, 4.69) is 32.1 Å². The summed E-state index contributed by atoms with van der Waals surface area (Å²) < 4.78 is 16.3. The standard InChI is InChI=1S/C18H26O3/c1-3-15(2)19-12-8-6-4-5-7-9-16-10-11-17-18(13-16)21-14-20-17/h7,9-11,13,15H,3-6,8,12,14H2,1-2H3. The van der Waals surface area contributed by atoms with Crippen molar-refractivity contribution >= 4 is 6.08 Å². The lowest BCUT2D eigenvalue weighted by Gasteiger charge is -2.09. The second-order valence-electron chi connectivity index (χ2n) is 5.45. The zero-order valence-corrected chi connectivity index (χ0v) is 13.1. The van der Waals surface area contributed by atoms with Crippen molar-refractivity contribution in [2.45, 2.75) is 52.1 Å². The average molecular weight is 290 g/mol. The van der Waals surface area contributed by atoms with Gasteiger partial charge in [-0.1, -0.05) is 31.6 Å². The first kappa shape index (κ1) is 15.9. The fourth-order valence-electron chi connectivity index (χ4n) is 2.18. The third-order valence-electron chi connectivity index (χ3n) is 3.70. The van der Waals surface area contributed by atoms with Crippen molar-refractivity contribution in [1.82, 2.24) is 0 Å². The molecule has 0 amide bonds. The minimum Gasteiger partial charge on any atom is -0.454 e. The van der Waals surface area contributed by atoms with Gasteiger partial charge < -0.3 is 14.2 Å². The van der Waals surface area contributed by atoms with Crippen LogP contribution >= 0.6 is 0 Å². The molecule has 1 atom stereocenters. The molecule has 1 aromatic rings. The maximum absolute atomic E-state index is 5.67. The number of allylic oxidation sites excluding steroid dienone is 1. The van der Waals surface area contributed by atoms with E-state index in [1.807, 2.05) is 12.1 Å².